The van der Waals surface area contributed by atoms with E-state index in [1.807, 2.05) is 41.2 Å². The molecule has 4 aromatic rings. The van der Waals surface area contributed by atoms with E-state index in [-0.39, 0.29) is 11.2 Å². The predicted octanol–water partition coefficient (Wildman–Crippen LogP) is 5.69. The van der Waals surface area contributed by atoms with Crippen LogP contribution in [0.25, 0.3) is 28.1 Å². The van der Waals surface area contributed by atoms with Crippen LogP contribution in [0.4, 0.5) is 0 Å². The maximum absolute atomic E-state index is 10.3. The van der Waals surface area contributed by atoms with Gasteiger partial charge in [-0.05, 0) is 60.2 Å². The van der Waals surface area contributed by atoms with E-state index in [1.54, 1.807) is 12.1 Å². The zero-order valence-electron chi connectivity index (χ0n) is 16.8. The Labute approximate surface area is 165 Å². The molecule has 4 rings (SSSR count). The maximum atomic E-state index is 10.3. The summed E-state index contributed by atoms with van der Waals surface area (Å²) in [5, 5.41) is 11.4. The number of fused-ring (bicyclic) bond motifs is 1. The van der Waals surface area contributed by atoms with Crippen molar-refractivity contribution in [3.63, 3.8) is 0 Å². The molecule has 28 heavy (non-hydrogen) atoms. The molecule has 2 aromatic heterocycles. The van der Waals surface area contributed by atoms with E-state index < -0.39 is 0 Å². The van der Waals surface area contributed by atoms with E-state index in [0.29, 0.717) is 11.4 Å². The van der Waals surface area contributed by atoms with Gasteiger partial charge in [-0.1, -0.05) is 39.0 Å². The highest BCUT2D eigenvalue weighted by Gasteiger charge is 2.20. The van der Waals surface area contributed by atoms with Crippen molar-refractivity contribution in [1.29, 1.82) is 0 Å². The van der Waals surface area contributed by atoms with Gasteiger partial charge in [-0.15, -0.1) is 0 Å². The quantitative estimate of drug-likeness (QED) is 0.503. The van der Waals surface area contributed by atoms with Crippen molar-refractivity contribution < 1.29 is 5.11 Å². The lowest BCUT2D eigenvalue weighted by atomic mass is 9.86. The van der Waals surface area contributed by atoms with Gasteiger partial charge in [-0.2, -0.15) is 0 Å². The lowest BCUT2D eigenvalue weighted by Gasteiger charge is -2.21. The van der Waals surface area contributed by atoms with Crippen LogP contribution < -0.4 is 0 Å². The van der Waals surface area contributed by atoms with E-state index in [0.717, 1.165) is 23.1 Å². The van der Waals surface area contributed by atoms with Gasteiger partial charge in [0, 0.05) is 17.8 Å². The Hall–Kier alpha value is -3.14. The second-order valence-corrected chi connectivity index (χ2v) is 8.53. The van der Waals surface area contributed by atoms with Crippen LogP contribution in [0.1, 0.15) is 31.9 Å². The van der Waals surface area contributed by atoms with Gasteiger partial charge in [0.25, 0.3) is 0 Å². The van der Waals surface area contributed by atoms with Crippen molar-refractivity contribution in [2.75, 3.05) is 0 Å². The molecule has 0 saturated heterocycles. The van der Waals surface area contributed by atoms with Crippen LogP contribution in [-0.4, -0.2) is 19.6 Å². The van der Waals surface area contributed by atoms with Gasteiger partial charge < -0.3 is 9.67 Å². The largest absolute Gasteiger partial charge is 0.507 e. The summed E-state index contributed by atoms with van der Waals surface area (Å²) in [4.78, 5) is 9.73. The number of rotatable bonds is 3. The molecule has 0 atom stereocenters. The molecule has 4 heteroatoms. The van der Waals surface area contributed by atoms with Crippen molar-refractivity contribution in [3.8, 4) is 23.0 Å². The summed E-state index contributed by atoms with van der Waals surface area (Å²) in [7, 11) is 0. The number of para-hydroxylation sites is 1. The maximum Gasteiger partial charge on any atom is 0.165 e. The van der Waals surface area contributed by atoms with Crippen LogP contribution in [-0.2, 0) is 6.42 Å². The minimum atomic E-state index is 0.144. The van der Waals surface area contributed by atoms with E-state index >= 15 is 0 Å². The molecule has 0 aliphatic heterocycles. The summed E-state index contributed by atoms with van der Waals surface area (Å²) in [6.07, 6.45) is 4.92. The summed E-state index contributed by atoms with van der Waals surface area (Å²) in [6, 6.07) is 15.5. The van der Waals surface area contributed by atoms with E-state index in [1.165, 1.54) is 11.1 Å². The molecule has 0 bridgehead atoms. The van der Waals surface area contributed by atoms with Crippen LogP contribution in [0.5, 0.6) is 5.75 Å². The summed E-state index contributed by atoms with van der Waals surface area (Å²) in [6.45, 7) is 8.83. The lowest BCUT2D eigenvalue weighted by molar-refractivity contribution is 0.412. The number of hydrogen-bond acceptors (Lipinski definition) is 3. The molecule has 0 aliphatic carbocycles. The Bertz CT molecular complexity index is 1140. The lowest BCUT2D eigenvalue weighted by Crippen LogP contribution is -2.11. The second-order valence-electron chi connectivity index (χ2n) is 8.53. The molecular weight excluding hydrogens is 346 g/mol. The number of phenolic OH excluding ortho intramolecular Hbond substituents is 1. The molecule has 0 fully saturated rings. The standard InChI is InChI=1S/C24H25N3O/c1-16-13-17(15-24(2,3)4)21-19(14-16)25-22(18-9-5-6-10-20(18)28)26-23(21)27-11-7-8-12-27/h5-14,28H,15H2,1-4H3. The normalized spacial score (nSPS) is 11.9. The minimum Gasteiger partial charge on any atom is -0.507 e. The topological polar surface area (TPSA) is 50.9 Å². The molecule has 0 saturated carbocycles. The SMILES string of the molecule is Cc1cc(CC(C)(C)C)c2c(-n3cccc3)nc(-c3ccccc3O)nc2c1. The molecule has 142 valence electrons. The molecule has 0 amide bonds. The first kappa shape index (κ1) is 18.2. The van der Waals surface area contributed by atoms with Crippen LogP contribution in [0.2, 0.25) is 0 Å². The van der Waals surface area contributed by atoms with Crippen molar-refractivity contribution in [2.45, 2.75) is 34.1 Å². The van der Waals surface area contributed by atoms with E-state index in [9.17, 15) is 5.11 Å². The molecular formula is C24H25N3O. The van der Waals surface area contributed by atoms with Gasteiger partial charge in [-0.3, -0.25) is 0 Å². The zero-order valence-corrected chi connectivity index (χ0v) is 16.8. The Morgan fingerprint density at radius 3 is 2.36 bits per heavy atom. The molecule has 0 aliphatic rings. The highest BCUT2D eigenvalue weighted by atomic mass is 16.3. The average molecular weight is 371 g/mol. The van der Waals surface area contributed by atoms with Gasteiger partial charge in [0.15, 0.2) is 5.82 Å². The number of hydrogen-bond donors (Lipinski definition) is 1. The van der Waals surface area contributed by atoms with Gasteiger partial charge in [-0.25, -0.2) is 9.97 Å². The minimum absolute atomic E-state index is 0.144. The first-order valence-electron chi connectivity index (χ1n) is 9.55. The third kappa shape index (κ3) is 3.50. The summed E-state index contributed by atoms with van der Waals surface area (Å²) in [5.41, 5.74) is 4.10. The van der Waals surface area contributed by atoms with Crippen LogP contribution in [0.15, 0.2) is 60.9 Å². The fourth-order valence-corrected chi connectivity index (χ4v) is 3.64. The van der Waals surface area contributed by atoms with Crippen molar-refractivity contribution >= 4 is 10.9 Å². The molecule has 2 heterocycles. The van der Waals surface area contributed by atoms with Gasteiger partial charge in [0.1, 0.15) is 11.6 Å². The third-order valence-electron chi connectivity index (χ3n) is 4.72. The Morgan fingerprint density at radius 1 is 0.964 bits per heavy atom. The molecule has 0 spiro atoms. The summed E-state index contributed by atoms with van der Waals surface area (Å²) < 4.78 is 2.02. The molecule has 0 radical (unpaired) electrons. The second kappa shape index (κ2) is 6.79. The number of benzene rings is 2. The first-order valence-corrected chi connectivity index (χ1v) is 9.55. The average Bonchev–Trinajstić information content (AvgIpc) is 3.14. The highest BCUT2D eigenvalue weighted by molar-refractivity contribution is 5.91. The summed E-state index contributed by atoms with van der Waals surface area (Å²) >= 11 is 0. The number of nitrogens with zero attached hydrogens (tertiary/aromatic N) is 3. The fraction of sp³-hybridized carbons (Fsp3) is 0.250. The number of aromatic hydroxyl groups is 1. The Morgan fingerprint density at radius 2 is 1.68 bits per heavy atom. The molecule has 0 unspecified atom stereocenters. The Balaban J connectivity index is 2.06. The smallest absolute Gasteiger partial charge is 0.165 e. The van der Waals surface area contributed by atoms with Gasteiger partial charge in [0.05, 0.1) is 11.1 Å². The third-order valence-corrected chi connectivity index (χ3v) is 4.72. The highest BCUT2D eigenvalue weighted by Crippen LogP contribution is 2.34. The fourth-order valence-electron chi connectivity index (χ4n) is 3.64. The Kier molecular flexibility index (Phi) is 4.42. The summed E-state index contributed by atoms with van der Waals surface area (Å²) in [5.74, 6) is 1.55. The van der Waals surface area contributed by atoms with Crippen LogP contribution >= 0.6 is 0 Å². The predicted molar refractivity (Wildman–Crippen MR) is 114 cm³/mol. The molecule has 2 aromatic carbocycles. The van der Waals surface area contributed by atoms with Crippen molar-refractivity contribution in [1.82, 2.24) is 14.5 Å². The number of phenols is 1. The van der Waals surface area contributed by atoms with Gasteiger partial charge >= 0.3 is 0 Å². The monoisotopic (exact) mass is 371 g/mol. The van der Waals surface area contributed by atoms with Gasteiger partial charge in [0.2, 0.25) is 0 Å². The van der Waals surface area contributed by atoms with Crippen molar-refractivity contribution in [2.24, 2.45) is 5.41 Å². The first-order chi connectivity index (χ1) is 13.3. The number of aryl methyl sites for hydroxylation is 1. The molecule has 1 N–H and O–H groups in total. The van der Waals surface area contributed by atoms with E-state index in [4.69, 9.17) is 9.97 Å². The number of aromatic nitrogens is 3. The van der Waals surface area contributed by atoms with Crippen LogP contribution in [0, 0.1) is 12.3 Å². The zero-order chi connectivity index (χ0) is 19.9. The molecule has 4 nitrogen and oxygen atoms in total. The van der Waals surface area contributed by atoms with E-state index in [2.05, 4.69) is 39.8 Å². The van der Waals surface area contributed by atoms with Crippen molar-refractivity contribution in [3.05, 3.63) is 72.1 Å². The van der Waals surface area contributed by atoms with Crippen LogP contribution in [0.3, 0.4) is 0 Å².